The fourth-order valence-electron chi connectivity index (χ4n) is 2.44. The number of carbonyl (C=O) groups is 1. The van der Waals surface area contributed by atoms with Crippen LogP contribution in [0, 0.1) is 16.7 Å². The largest absolute Gasteiger partial charge is 0.299 e. The molecule has 19 heavy (non-hydrogen) atoms. The average molecular weight is 260 g/mol. The molecule has 0 amide bonds. The van der Waals surface area contributed by atoms with Crippen LogP contribution in [0.5, 0.6) is 0 Å². The van der Waals surface area contributed by atoms with Crippen LogP contribution < -0.4 is 0 Å². The minimum atomic E-state index is -0.255. The van der Waals surface area contributed by atoms with Crippen LogP contribution in [0.2, 0.25) is 0 Å². The summed E-state index contributed by atoms with van der Waals surface area (Å²) in [5.41, 5.74) is 1.09. The van der Waals surface area contributed by atoms with Crippen LogP contribution in [0.3, 0.4) is 0 Å². The average Bonchev–Trinajstić information content (AvgIpc) is 2.27. The Balaban J connectivity index is 2.80. The number of aryl methyl sites for hydroxylation is 1. The van der Waals surface area contributed by atoms with Gasteiger partial charge in [0.15, 0.2) is 0 Å². The minimum Gasteiger partial charge on any atom is -0.299 e. The number of Topliss-reactive ketones (excluding diaryl/α,β-unsaturated/α-hetero) is 1. The van der Waals surface area contributed by atoms with E-state index in [0.717, 1.165) is 12.8 Å². The van der Waals surface area contributed by atoms with E-state index in [1.807, 2.05) is 26.8 Å². The Kier molecular flexibility index (Phi) is 4.95. The van der Waals surface area contributed by atoms with Gasteiger partial charge in [-0.1, -0.05) is 71.9 Å². The molecular formula is C18H28O. The van der Waals surface area contributed by atoms with Crippen molar-refractivity contribution in [2.45, 2.75) is 54.4 Å². The Morgan fingerprint density at radius 1 is 1.00 bits per heavy atom. The SMILES string of the molecule is CC(C)(C)C(=O)[C@H](CCc1ccccc1)C(C)(C)C. The maximum atomic E-state index is 12.6. The quantitative estimate of drug-likeness (QED) is 0.752. The van der Waals surface area contributed by atoms with Gasteiger partial charge in [-0.25, -0.2) is 0 Å². The van der Waals surface area contributed by atoms with Crippen LogP contribution in [0.4, 0.5) is 0 Å². The molecule has 0 bridgehead atoms. The molecule has 0 saturated carbocycles. The highest BCUT2D eigenvalue weighted by Crippen LogP contribution is 2.36. The van der Waals surface area contributed by atoms with Gasteiger partial charge in [-0.15, -0.1) is 0 Å². The predicted octanol–water partition coefficient (Wildman–Crippen LogP) is 4.90. The maximum Gasteiger partial charge on any atom is 0.141 e. The maximum absolute atomic E-state index is 12.6. The molecule has 106 valence electrons. The second-order valence-electron chi connectivity index (χ2n) is 7.56. The summed E-state index contributed by atoms with van der Waals surface area (Å²) >= 11 is 0. The number of carbonyl (C=O) groups excluding carboxylic acids is 1. The van der Waals surface area contributed by atoms with Gasteiger partial charge >= 0.3 is 0 Å². The summed E-state index contributed by atoms with van der Waals surface area (Å²) in [7, 11) is 0. The van der Waals surface area contributed by atoms with E-state index in [-0.39, 0.29) is 16.7 Å². The van der Waals surface area contributed by atoms with Gasteiger partial charge in [0.05, 0.1) is 0 Å². The second kappa shape index (κ2) is 5.90. The Hall–Kier alpha value is -1.11. The molecule has 0 fully saturated rings. The molecule has 0 aliphatic heterocycles. The molecule has 0 heterocycles. The summed E-state index contributed by atoms with van der Waals surface area (Å²) in [6.07, 6.45) is 1.91. The van der Waals surface area contributed by atoms with Crippen LogP contribution >= 0.6 is 0 Å². The molecule has 0 unspecified atom stereocenters. The van der Waals surface area contributed by atoms with Gasteiger partial charge in [-0.3, -0.25) is 4.79 Å². The van der Waals surface area contributed by atoms with Crippen molar-refractivity contribution in [3.05, 3.63) is 35.9 Å². The summed E-state index contributed by atoms with van der Waals surface area (Å²) in [6, 6.07) is 10.4. The van der Waals surface area contributed by atoms with Crippen molar-refractivity contribution in [2.75, 3.05) is 0 Å². The fraction of sp³-hybridized carbons (Fsp3) is 0.611. The monoisotopic (exact) mass is 260 g/mol. The van der Waals surface area contributed by atoms with Crippen molar-refractivity contribution < 1.29 is 4.79 Å². The summed E-state index contributed by atoms with van der Waals surface area (Å²) in [5, 5.41) is 0. The first-order chi connectivity index (χ1) is 8.62. The van der Waals surface area contributed by atoms with Gasteiger partial charge in [-0.05, 0) is 23.8 Å². The first-order valence-corrected chi connectivity index (χ1v) is 7.20. The lowest BCUT2D eigenvalue weighted by Crippen LogP contribution is -2.36. The molecule has 1 rings (SSSR count). The fourth-order valence-corrected chi connectivity index (χ4v) is 2.44. The van der Waals surface area contributed by atoms with E-state index in [1.54, 1.807) is 0 Å². The first-order valence-electron chi connectivity index (χ1n) is 7.20. The van der Waals surface area contributed by atoms with E-state index in [1.165, 1.54) is 5.56 Å². The number of benzene rings is 1. The zero-order chi connectivity index (χ0) is 14.7. The summed E-state index contributed by atoms with van der Waals surface area (Å²) < 4.78 is 0. The van der Waals surface area contributed by atoms with Gasteiger partial charge in [-0.2, -0.15) is 0 Å². The van der Waals surface area contributed by atoms with E-state index in [4.69, 9.17) is 0 Å². The summed E-state index contributed by atoms with van der Waals surface area (Å²) in [6.45, 7) is 12.6. The van der Waals surface area contributed by atoms with Crippen molar-refractivity contribution in [1.82, 2.24) is 0 Å². The Morgan fingerprint density at radius 2 is 1.53 bits per heavy atom. The molecule has 0 saturated heterocycles. The normalized spacial score (nSPS) is 14.2. The van der Waals surface area contributed by atoms with Crippen LogP contribution in [-0.2, 0) is 11.2 Å². The number of ketones is 1. The summed E-state index contributed by atoms with van der Waals surface area (Å²) in [4.78, 5) is 12.6. The van der Waals surface area contributed by atoms with Gasteiger partial charge in [0.1, 0.15) is 5.78 Å². The first kappa shape index (κ1) is 15.9. The Morgan fingerprint density at radius 3 is 1.95 bits per heavy atom. The molecule has 0 aliphatic carbocycles. The van der Waals surface area contributed by atoms with Gasteiger partial charge in [0.25, 0.3) is 0 Å². The lowest BCUT2D eigenvalue weighted by Gasteiger charge is -2.34. The van der Waals surface area contributed by atoms with Crippen molar-refractivity contribution in [2.24, 2.45) is 16.7 Å². The standard InChI is InChI=1S/C18H28O/c1-17(2,3)15(16(19)18(4,5)6)13-12-14-10-8-7-9-11-14/h7-11,15H,12-13H2,1-6H3/t15-/m0/s1. The molecule has 1 nitrogen and oxygen atoms in total. The van der Waals surface area contributed by atoms with Gasteiger partial charge in [0.2, 0.25) is 0 Å². The Labute approximate surface area is 118 Å². The van der Waals surface area contributed by atoms with Gasteiger partial charge in [0, 0.05) is 11.3 Å². The third-order valence-corrected chi connectivity index (χ3v) is 3.67. The van der Waals surface area contributed by atoms with Gasteiger partial charge < -0.3 is 0 Å². The minimum absolute atomic E-state index is 0.0269. The molecule has 0 aliphatic rings. The van der Waals surface area contributed by atoms with Crippen molar-refractivity contribution >= 4 is 5.78 Å². The number of hydrogen-bond donors (Lipinski definition) is 0. The molecule has 1 heteroatoms. The van der Waals surface area contributed by atoms with E-state index < -0.39 is 0 Å². The van der Waals surface area contributed by atoms with E-state index in [2.05, 4.69) is 45.0 Å². The molecular weight excluding hydrogens is 232 g/mol. The molecule has 0 aromatic heterocycles. The third-order valence-electron chi connectivity index (χ3n) is 3.67. The van der Waals surface area contributed by atoms with Crippen molar-refractivity contribution in [3.63, 3.8) is 0 Å². The van der Waals surface area contributed by atoms with Crippen molar-refractivity contribution in [3.8, 4) is 0 Å². The third kappa shape index (κ3) is 4.81. The topological polar surface area (TPSA) is 17.1 Å². The molecule has 1 aromatic carbocycles. The van der Waals surface area contributed by atoms with E-state index in [9.17, 15) is 4.79 Å². The highest BCUT2D eigenvalue weighted by Gasteiger charge is 2.36. The number of hydrogen-bond acceptors (Lipinski definition) is 1. The zero-order valence-corrected chi connectivity index (χ0v) is 13.3. The molecule has 0 radical (unpaired) electrons. The number of rotatable bonds is 4. The second-order valence-corrected chi connectivity index (χ2v) is 7.56. The smallest absolute Gasteiger partial charge is 0.141 e. The van der Waals surface area contributed by atoms with Crippen LogP contribution in [0.15, 0.2) is 30.3 Å². The zero-order valence-electron chi connectivity index (χ0n) is 13.3. The van der Waals surface area contributed by atoms with Crippen molar-refractivity contribution in [1.29, 1.82) is 0 Å². The van der Waals surface area contributed by atoms with Crippen LogP contribution in [0.25, 0.3) is 0 Å². The predicted molar refractivity (Wildman–Crippen MR) is 82.2 cm³/mol. The molecule has 1 atom stereocenters. The van der Waals surface area contributed by atoms with E-state index >= 15 is 0 Å². The highest BCUT2D eigenvalue weighted by atomic mass is 16.1. The van der Waals surface area contributed by atoms with Crippen LogP contribution in [0.1, 0.15) is 53.5 Å². The lowest BCUT2D eigenvalue weighted by molar-refractivity contribution is -0.134. The molecule has 0 N–H and O–H groups in total. The Bertz CT molecular complexity index is 404. The summed E-state index contributed by atoms with van der Waals surface area (Å²) in [5.74, 6) is 0.503. The van der Waals surface area contributed by atoms with Crippen LogP contribution in [-0.4, -0.2) is 5.78 Å². The lowest BCUT2D eigenvalue weighted by atomic mass is 9.69. The molecule has 0 spiro atoms. The van der Waals surface area contributed by atoms with E-state index in [0.29, 0.717) is 5.78 Å². The molecule has 1 aromatic rings. The highest BCUT2D eigenvalue weighted by molar-refractivity contribution is 5.86.